The van der Waals surface area contributed by atoms with Crippen LogP contribution in [0.1, 0.15) is 71.6 Å². The maximum atomic E-state index is 12.3. The van der Waals surface area contributed by atoms with Crippen molar-refractivity contribution in [1.82, 2.24) is 0 Å². The van der Waals surface area contributed by atoms with Gasteiger partial charge in [-0.05, 0) is 74.0 Å². The van der Waals surface area contributed by atoms with Gasteiger partial charge in [0.25, 0.3) is 0 Å². The van der Waals surface area contributed by atoms with Gasteiger partial charge in [0.2, 0.25) is 0 Å². The Bertz CT molecular complexity index is 601. The van der Waals surface area contributed by atoms with Crippen LogP contribution in [0.4, 0.5) is 0 Å². The van der Waals surface area contributed by atoms with Crippen molar-refractivity contribution in [3.63, 3.8) is 0 Å². The molecule has 140 valence electrons. The lowest BCUT2D eigenvalue weighted by Crippen LogP contribution is -2.59. The maximum Gasteiger partial charge on any atom is 0.190 e. The molecule has 0 amide bonds. The number of hydrogen-bond donors (Lipinski definition) is 2. The first-order valence-electron chi connectivity index (χ1n) is 10.1. The predicted octanol–water partition coefficient (Wildman–Crippen LogP) is 2.89. The molecule has 0 aromatic rings. The number of carbonyl (C=O) groups is 2. The summed E-state index contributed by atoms with van der Waals surface area (Å²) in [5.41, 5.74) is -1.50. The highest BCUT2D eigenvalue weighted by molar-refractivity contribution is 5.89. The first kappa shape index (κ1) is 17.7. The molecule has 0 bridgehead atoms. The van der Waals surface area contributed by atoms with Gasteiger partial charge in [-0.1, -0.05) is 13.8 Å². The molecule has 4 aliphatic carbocycles. The monoisotopic (exact) mass is 348 g/mol. The molecular formula is C21H32O4. The number of ketones is 2. The first-order valence-corrected chi connectivity index (χ1v) is 10.1. The molecule has 4 saturated carbocycles. The Balaban J connectivity index is 1.64. The average molecular weight is 348 g/mol. The van der Waals surface area contributed by atoms with E-state index >= 15 is 0 Å². The fourth-order valence-corrected chi connectivity index (χ4v) is 7.65. The zero-order valence-electron chi connectivity index (χ0n) is 15.6. The summed E-state index contributed by atoms with van der Waals surface area (Å²) in [4.78, 5) is 24.3. The average Bonchev–Trinajstić information content (AvgIpc) is 2.87. The molecule has 0 heterocycles. The standard InChI is InChI=1S/C21H32O4/c1-19-8-5-14(23)11-13(19)3-4-15-16(19)6-9-20(2)17(15)7-10-21(20,25)18(24)12-22/h13,15-17,22,25H,3-12H2,1-2H3/t13-,15+,16-,17-,19-,20-,21-/m0/s1. The van der Waals surface area contributed by atoms with E-state index in [1.165, 1.54) is 0 Å². The molecule has 4 heteroatoms. The molecule has 4 nitrogen and oxygen atoms in total. The smallest absolute Gasteiger partial charge is 0.190 e. The van der Waals surface area contributed by atoms with E-state index < -0.39 is 17.6 Å². The molecule has 25 heavy (non-hydrogen) atoms. The number of Topliss-reactive ketones (excluding diaryl/α,β-unsaturated/α-hetero) is 2. The third kappa shape index (κ3) is 2.19. The number of aliphatic hydroxyl groups excluding tert-OH is 1. The van der Waals surface area contributed by atoms with Crippen LogP contribution in [0.25, 0.3) is 0 Å². The minimum absolute atomic E-state index is 0.250. The van der Waals surface area contributed by atoms with Gasteiger partial charge in [0.05, 0.1) is 0 Å². The van der Waals surface area contributed by atoms with Crippen LogP contribution < -0.4 is 0 Å². The number of hydrogen-bond acceptors (Lipinski definition) is 4. The molecule has 4 aliphatic rings. The minimum atomic E-state index is -1.35. The zero-order chi connectivity index (χ0) is 18.0. The van der Waals surface area contributed by atoms with Crippen molar-refractivity contribution in [2.75, 3.05) is 6.61 Å². The lowest BCUT2D eigenvalue weighted by atomic mass is 9.44. The van der Waals surface area contributed by atoms with Crippen molar-refractivity contribution in [2.24, 2.45) is 34.5 Å². The number of carbonyl (C=O) groups excluding carboxylic acids is 2. The van der Waals surface area contributed by atoms with Crippen molar-refractivity contribution in [3.05, 3.63) is 0 Å². The summed E-state index contributed by atoms with van der Waals surface area (Å²) in [5, 5.41) is 20.6. The van der Waals surface area contributed by atoms with E-state index in [4.69, 9.17) is 0 Å². The third-order valence-electron chi connectivity index (χ3n) is 9.24. The molecule has 0 saturated heterocycles. The maximum absolute atomic E-state index is 12.3. The molecule has 0 aromatic carbocycles. The van der Waals surface area contributed by atoms with E-state index in [0.29, 0.717) is 35.9 Å². The van der Waals surface area contributed by atoms with Gasteiger partial charge >= 0.3 is 0 Å². The normalized spacial score (nSPS) is 52.2. The summed E-state index contributed by atoms with van der Waals surface area (Å²) >= 11 is 0. The van der Waals surface area contributed by atoms with Gasteiger partial charge < -0.3 is 10.2 Å². The molecule has 0 spiro atoms. The molecule has 0 unspecified atom stereocenters. The fraction of sp³-hybridized carbons (Fsp3) is 0.905. The quantitative estimate of drug-likeness (QED) is 0.805. The Hall–Kier alpha value is -0.740. The van der Waals surface area contributed by atoms with E-state index in [9.17, 15) is 19.8 Å². The summed E-state index contributed by atoms with van der Waals surface area (Å²) in [5.74, 6) is 2.10. The van der Waals surface area contributed by atoms with Gasteiger partial charge in [0, 0.05) is 18.3 Å². The Kier molecular flexibility index (Phi) is 3.98. The number of rotatable bonds is 2. The van der Waals surface area contributed by atoms with Crippen LogP contribution in [0, 0.1) is 34.5 Å². The Morgan fingerprint density at radius 2 is 1.80 bits per heavy atom. The van der Waals surface area contributed by atoms with Crippen LogP contribution in [-0.4, -0.2) is 34.0 Å². The molecule has 4 fully saturated rings. The van der Waals surface area contributed by atoms with E-state index in [-0.39, 0.29) is 11.2 Å². The first-order chi connectivity index (χ1) is 11.8. The van der Waals surface area contributed by atoms with Crippen molar-refractivity contribution in [3.8, 4) is 0 Å². The summed E-state index contributed by atoms with van der Waals surface area (Å²) < 4.78 is 0. The second-order valence-electron chi connectivity index (χ2n) is 9.84. The summed E-state index contributed by atoms with van der Waals surface area (Å²) in [6.07, 6.45) is 8.02. The van der Waals surface area contributed by atoms with Gasteiger partial charge in [0.15, 0.2) is 5.78 Å². The number of fused-ring (bicyclic) bond motifs is 5. The van der Waals surface area contributed by atoms with Crippen LogP contribution in [-0.2, 0) is 9.59 Å². The van der Waals surface area contributed by atoms with E-state index in [1.807, 2.05) is 0 Å². The van der Waals surface area contributed by atoms with E-state index in [1.54, 1.807) is 0 Å². The second kappa shape index (κ2) is 5.63. The van der Waals surface area contributed by atoms with Gasteiger partial charge in [-0.15, -0.1) is 0 Å². The lowest BCUT2D eigenvalue weighted by Gasteiger charge is -2.60. The lowest BCUT2D eigenvalue weighted by molar-refractivity contribution is -0.172. The summed E-state index contributed by atoms with van der Waals surface area (Å²) in [6, 6.07) is 0. The molecule has 2 N–H and O–H groups in total. The van der Waals surface area contributed by atoms with Gasteiger partial charge in [-0.25, -0.2) is 0 Å². The molecule has 4 rings (SSSR count). The Labute approximate surface area is 150 Å². The van der Waals surface area contributed by atoms with Crippen LogP contribution in [0.2, 0.25) is 0 Å². The highest BCUT2D eigenvalue weighted by Crippen LogP contribution is 2.68. The third-order valence-corrected chi connectivity index (χ3v) is 9.24. The Morgan fingerprint density at radius 1 is 1.08 bits per heavy atom. The molecular weight excluding hydrogens is 316 g/mol. The molecule has 0 aliphatic heterocycles. The van der Waals surface area contributed by atoms with E-state index in [0.717, 1.165) is 51.4 Å². The van der Waals surface area contributed by atoms with Gasteiger partial charge in [-0.2, -0.15) is 0 Å². The molecule has 7 atom stereocenters. The van der Waals surface area contributed by atoms with Crippen LogP contribution >= 0.6 is 0 Å². The van der Waals surface area contributed by atoms with E-state index in [2.05, 4.69) is 13.8 Å². The topological polar surface area (TPSA) is 74.6 Å². The van der Waals surface area contributed by atoms with Crippen molar-refractivity contribution < 1.29 is 19.8 Å². The molecule has 0 radical (unpaired) electrons. The zero-order valence-corrected chi connectivity index (χ0v) is 15.6. The Morgan fingerprint density at radius 3 is 2.52 bits per heavy atom. The summed E-state index contributed by atoms with van der Waals surface area (Å²) in [6.45, 7) is 3.94. The summed E-state index contributed by atoms with van der Waals surface area (Å²) in [7, 11) is 0. The van der Waals surface area contributed by atoms with Crippen LogP contribution in [0.15, 0.2) is 0 Å². The highest BCUT2D eigenvalue weighted by atomic mass is 16.3. The van der Waals surface area contributed by atoms with Crippen molar-refractivity contribution in [1.29, 1.82) is 0 Å². The number of aliphatic hydroxyl groups is 2. The van der Waals surface area contributed by atoms with Gasteiger partial charge in [-0.3, -0.25) is 9.59 Å². The largest absolute Gasteiger partial charge is 0.388 e. The fourth-order valence-electron chi connectivity index (χ4n) is 7.65. The minimum Gasteiger partial charge on any atom is -0.388 e. The van der Waals surface area contributed by atoms with Crippen molar-refractivity contribution in [2.45, 2.75) is 77.2 Å². The predicted molar refractivity (Wildman–Crippen MR) is 93.8 cm³/mol. The van der Waals surface area contributed by atoms with Crippen LogP contribution in [0.5, 0.6) is 0 Å². The molecule has 0 aromatic heterocycles. The second-order valence-corrected chi connectivity index (χ2v) is 9.84. The van der Waals surface area contributed by atoms with Crippen molar-refractivity contribution >= 4 is 11.6 Å². The SMILES string of the molecule is C[C@]12CCC(=O)C[C@@H]1CC[C@@H]1[C@@H]2CC[C@@]2(C)[C@H]1CC[C@]2(O)C(=O)CO. The van der Waals surface area contributed by atoms with Gasteiger partial charge in [0.1, 0.15) is 18.0 Å². The highest BCUT2D eigenvalue weighted by Gasteiger charge is 2.66. The van der Waals surface area contributed by atoms with Crippen LogP contribution in [0.3, 0.4) is 0 Å².